The Bertz CT molecular complexity index is 114. The summed E-state index contributed by atoms with van der Waals surface area (Å²) in [6.45, 7) is 6.49. The first-order chi connectivity index (χ1) is 4.81. The van der Waals surface area contributed by atoms with Crippen LogP contribution in [-0.2, 0) is 4.74 Å². The van der Waals surface area contributed by atoms with E-state index in [0.717, 1.165) is 19.4 Å². The Balaban J connectivity index is 3.38. The van der Waals surface area contributed by atoms with E-state index in [1.807, 2.05) is 6.08 Å². The highest BCUT2D eigenvalue weighted by atomic mass is 16.5. The number of hydrogen-bond acceptors (Lipinski definition) is 1. The molecule has 0 aliphatic heterocycles. The van der Waals surface area contributed by atoms with Crippen molar-refractivity contribution in [1.29, 1.82) is 0 Å². The molecule has 58 valence electrons. The van der Waals surface area contributed by atoms with Gasteiger partial charge in [0.2, 0.25) is 0 Å². The van der Waals surface area contributed by atoms with Gasteiger partial charge in [0.05, 0.1) is 6.61 Å². The topological polar surface area (TPSA) is 9.23 Å². The minimum atomic E-state index is 0.725. The lowest BCUT2D eigenvalue weighted by atomic mass is 10.1. The molecule has 1 nitrogen and oxygen atoms in total. The van der Waals surface area contributed by atoms with E-state index in [2.05, 4.69) is 19.6 Å². The summed E-state index contributed by atoms with van der Waals surface area (Å²) in [6, 6.07) is 0. The van der Waals surface area contributed by atoms with Crippen LogP contribution in [0.15, 0.2) is 24.3 Å². The van der Waals surface area contributed by atoms with Crippen molar-refractivity contribution in [2.75, 3.05) is 13.7 Å². The minimum absolute atomic E-state index is 0.725. The van der Waals surface area contributed by atoms with Crippen molar-refractivity contribution >= 4 is 0 Å². The maximum absolute atomic E-state index is 4.89. The van der Waals surface area contributed by atoms with E-state index in [1.54, 1.807) is 7.11 Å². The molecule has 0 spiro atoms. The zero-order chi connectivity index (χ0) is 7.82. The van der Waals surface area contributed by atoms with Crippen LogP contribution in [0, 0.1) is 0 Å². The second kappa shape index (κ2) is 6.56. The lowest BCUT2D eigenvalue weighted by Gasteiger charge is -1.96. The van der Waals surface area contributed by atoms with Crippen LogP contribution in [-0.4, -0.2) is 13.7 Å². The van der Waals surface area contributed by atoms with E-state index in [0.29, 0.717) is 0 Å². The van der Waals surface area contributed by atoms with Gasteiger partial charge in [0, 0.05) is 7.11 Å². The standard InChI is InChI=1S/C9H16O/c1-4-5-6-9(2)7-8-10-3/h4,7H,1,5-6,8H2,2-3H3/b9-7-. The van der Waals surface area contributed by atoms with Gasteiger partial charge in [0.15, 0.2) is 0 Å². The van der Waals surface area contributed by atoms with Gasteiger partial charge >= 0.3 is 0 Å². The van der Waals surface area contributed by atoms with Gasteiger partial charge in [-0.3, -0.25) is 0 Å². The fraction of sp³-hybridized carbons (Fsp3) is 0.556. The fourth-order valence-corrected chi connectivity index (χ4v) is 0.657. The third-order valence-electron chi connectivity index (χ3n) is 1.34. The fourth-order valence-electron chi connectivity index (χ4n) is 0.657. The average molecular weight is 140 g/mol. The van der Waals surface area contributed by atoms with Crippen LogP contribution in [0.3, 0.4) is 0 Å². The molecule has 0 N–H and O–H groups in total. The minimum Gasteiger partial charge on any atom is -0.381 e. The smallest absolute Gasteiger partial charge is 0.0646 e. The molecule has 0 saturated carbocycles. The molecule has 0 rings (SSSR count). The van der Waals surface area contributed by atoms with Crippen LogP contribution >= 0.6 is 0 Å². The summed E-state index contributed by atoms with van der Waals surface area (Å²) in [4.78, 5) is 0. The van der Waals surface area contributed by atoms with Crippen LogP contribution < -0.4 is 0 Å². The summed E-state index contributed by atoms with van der Waals surface area (Å²) in [7, 11) is 1.71. The maximum atomic E-state index is 4.89. The summed E-state index contributed by atoms with van der Waals surface area (Å²) < 4.78 is 4.89. The third-order valence-corrected chi connectivity index (χ3v) is 1.34. The molecule has 0 aliphatic carbocycles. The zero-order valence-electron chi connectivity index (χ0n) is 6.89. The summed E-state index contributed by atoms with van der Waals surface area (Å²) in [5.74, 6) is 0. The Morgan fingerprint density at radius 3 is 2.80 bits per heavy atom. The molecule has 0 bridgehead atoms. The first-order valence-electron chi connectivity index (χ1n) is 3.56. The average Bonchev–Trinajstić information content (AvgIpc) is 1.97. The van der Waals surface area contributed by atoms with Crippen molar-refractivity contribution in [3.8, 4) is 0 Å². The molecule has 0 unspecified atom stereocenters. The van der Waals surface area contributed by atoms with Gasteiger partial charge in [-0.1, -0.05) is 17.7 Å². The summed E-state index contributed by atoms with van der Waals surface area (Å²) in [5, 5.41) is 0. The van der Waals surface area contributed by atoms with E-state index < -0.39 is 0 Å². The predicted molar refractivity (Wildman–Crippen MR) is 45.1 cm³/mol. The molecule has 0 aromatic carbocycles. The van der Waals surface area contributed by atoms with Crippen molar-refractivity contribution < 1.29 is 4.74 Å². The molecule has 0 fully saturated rings. The zero-order valence-corrected chi connectivity index (χ0v) is 6.89. The SMILES string of the molecule is C=CCC/C(C)=C\COC. The molecule has 0 aromatic rings. The lowest BCUT2D eigenvalue weighted by molar-refractivity contribution is 0.233. The summed E-state index contributed by atoms with van der Waals surface area (Å²) >= 11 is 0. The van der Waals surface area contributed by atoms with Crippen molar-refractivity contribution in [3.05, 3.63) is 24.3 Å². The molecular formula is C9H16O. The van der Waals surface area contributed by atoms with E-state index in [9.17, 15) is 0 Å². The number of allylic oxidation sites excluding steroid dienone is 2. The van der Waals surface area contributed by atoms with Crippen LogP contribution in [0.4, 0.5) is 0 Å². The molecular weight excluding hydrogens is 124 g/mol. The molecule has 1 heteroatoms. The van der Waals surface area contributed by atoms with Gasteiger partial charge in [-0.25, -0.2) is 0 Å². The molecule has 0 amide bonds. The van der Waals surface area contributed by atoms with Crippen molar-refractivity contribution in [2.45, 2.75) is 19.8 Å². The van der Waals surface area contributed by atoms with Crippen LogP contribution in [0.25, 0.3) is 0 Å². The monoisotopic (exact) mass is 140 g/mol. The number of rotatable bonds is 5. The lowest BCUT2D eigenvalue weighted by Crippen LogP contribution is -1.84. The molecule has 0 aliphatic rings. The van der Waals surface area contributed by atoms with Crippen LogP contribution in [0.2, 0.25) is 0 Å². The summed E-state index contributed by atoms with van der Waals surface area (Å²) in [5.41, 5.74) is 1.38. The quantitative estimate of drug-likeness (QED) is 0.533. The van der Waals surface area contributed by atoms with E-state index in [4.69, 9.17) is 4.74 Å². The molecule has 0 aromatic heterocycles. The molecule has 0 atom stereocenters. The Kier molecular flexibility index (Phi) is 6.19. The first-order valence-corrected chi connectivity index (χ1v) is 3.56. The summed E-state index contributed by atoms with van der Waals surface area (Å²) in [6.07, 6.45) is 6.20. The highest BCUT2D eigenvalue weighted by Crippen LogP contribution is 2.02. The Labute approximate surface area is 63.4 Å². The second-order valence-corrected chi connectivity index (χ2v) is 2.33. The number of hydrogen-bond donors (Lipinski definition) is 0. The largest absolute Gasteiger partial charge is 0.381 e. The van der Waals surface area contributed by atoms with Gasteiger partial charge in [-0.05, 0) is 19.8 Å². The molecule has 0 saturated heterocycles. The van der Waals surface area contributed by atoms with Gasteiger partial charge < -0.3 is 4.74 Å². The molecule has 10 heavy (non-hydrogen) atoms. The third kappa shape index (κ3) is 5.57. The normalized spacial score (nSPS) is 11.6. The van der Waals surface area contributed by atoms with Crippen molar-refractivity contribution in [2.24, 2.45) is 0 Å². The second-order valence-electron chi connectivity index (χ2n) is 2.33. The first kappa shape index (κ1) is 9.44. The van der Waals surface area contributed by atoms with E-state index in [1.165, 1.54) is 5.57 Å². The highest BCUT2D eigenvalue weighted by molar-refractivity contribution is 4.99. The van der Waals surface area contributed by atoms with Crippen molar-refractivity contribution in [1.82, 2.24) is 0 Å². The Morgan fingerprint density at radius 2 is 2.30 bits per heavy atom. The number of ether oxygens (including phenoxy) is 1. The maximum Gasteiger partial charge on any atom is 0.0646 e. The predicted octanol–water partition coefficient (Wildman–Crippen LogP) is 2.55. The van der Waals surface area contributed by atoms with Crippen LogP contribution in [0.1, 0.15) is 19.8 Å². The van der Waals surface area contributed by atoms with E-state index >= 15 is 0 Å². The van der Waals surface area contributed by atoms with E-state index in [-0.39, 0.29) is 0 Å². The van der Waals surface area contributed by atoms with Gasteiger partial charge in [0.25, 0.3) is 0 Å². The Hall–Kier alpha value is -0.560. The number of methoxy groups -OCH3 is 1. The van der Waals surface area contributed by atoms with Gasteiger partial charge in [-0.15, -0.1) is 6.58 Å². The molecule has 0 heterocycles. The van der Waals surface area contributed by atoms with Crippen LogP contribution in [0.5, 0.6) is 0 Å². The highest BCUT2D eigenvalue weighted by Gasteiger charge is 1.85. The Morgan fingerprint density at radius 1 is 1.60 bits per heavy atom. The van der Waals surface area contributed by atoms with Gasteiger partial charge in [-0.2, -0.15) is 0 Å². The molecule has 0 radical (unpaired) electrons. The van der Waals surface area contributed by atoms with Crippen molar-refractivity contribution in [3.63, 3.8) is 0 Å². The van der Waals surface area contributed by atoms with Gasteiger partial charge in [0.1, 0.15) is 0 Å².